The zero-order valence-electron chi connectivity index (χ0n) is 13.9. The molecule has 0 aromatic heterocycles. The first-order valence-corrected chi connectivity index (χ1v) is 9.04. The number of nitrogens with one attached hydrogen (secondary N) is 1. The number of hydrogen-bond donors (Lipinski definition) is 1. The molecule has 2 fully saturated rings. The van der Waals surface area contributed by atoms with Crippen molar-refractivity contribution in [3.63, 3.8) is 0 Å². The van der Waals surface area contributed by atoms with Crippen LogP contribution >= 0.6 is 0 Å². The Kier molecular flexibility index (Phi) is 6.35. The normalized spacial score (nSPS) is 34.0. The molecule has 0 bridgehead atoms. The van der Waals surface area contributed by atoms with E-state index in [1.807, 2.05) is 0 Å². The van der Waals surface area contributed by atoms with Gasteiger partial charge in [0.1, 0.15) is 0 Å². The molecule has 0 aromatic rings. The standard InChI is InChI=1S/C18H35NO/c1-4-12-19-14-18(10-6-5-7-11-18)20-17-9-8-15(2)16(3)13-17/h15-17,19H,4-14H2,1-3H3. The van der Waals surface area contributed by atoms with Gasteiger partial charge in [0.25, 0.3) is 0 Å². The van der Waals surface area contributed by atoms with Crippen molar-refractivity contribution in [1.82, 2.24) is 5.32 Å². The van der Waals surface area contributed by atoms with E-state index in [0.29, 0.717) is 6.10 Å². The molecule has 0 radical (unpaired) electrons. The third kappa shape index (κ3) is 4.46. The van der Waals surface area contributed by atoms with E-state index >= 15 is 0 Å². The molecule has 2 aliphatic carbocycles. The fourth-order valence-corrected chi connectivity index (χ4v) is 3.98. The summed E-state index contributed by atoms with van der Waals surface area (Å²) in [5.41, 5.74) is 0.151. The molecule has 20 heavy (non-hydrogen) atoms. The minimum Gasteiger partial charge on any atom is -0.370 e. The molecule has 0 aliphatic heterocycles. The largest absolute Gasteiger partial charge is 0.370 e. The third-order valence-corrected chi connectivity index (χ3v) is 5.61. The predicted octanol–water partition coefficient (Wildman–Crippen LogP) is 4.53. The van der Waals surface area contributed by atoms with Crippen molar-refractivity contribution in [3.05, 3.63) is 0 Å². The Morgan fingerprint density at radius 2 is 1.80 bits per heavy atom. The summed E-state index contributed by atoms with van der Waals surface area (Å²) in [6.45, 7) is 9.25. The van der Waals surface area contributed by atoms with E-state index in [4.69, 9.17) is 4.74 Å². The summed E-state index contributed by atoms with van der Waals surface area (Å²) >= 11 is 0. The first-order chi connectivity index (χ1) is 9.65. The SMILES string of the molecule is CCCNCC1(OC2CCC(C)C(C)C2)CCCCC1. The van der Waals surface area contributed by atoms with Crippen LogP contribution in [-0.2, 0) is 4.74 Å². The van der Waals surface area contributed by atoms with E-state index in [1.54, 1.807) is 0 Å². The zero-order chi connectivity index (χ0) is 14.4. The van der Waals surface area contributed by atoms with Gasteiger partial charge in [0.05, 0.1) is 11.7 Å². The van der Waals surface area contributed by atoms with Crippen LogP contribution in [0.2, 0.25) is 0 Å². The maximum absolute atomic E-state index is 6.72. The van der Waals surface area contributed by atoms with Gasteiger partial charge < -0.3 is 10.1 Å². The Balaban J connectivity index is 1.89. The molecule has 3 atom stereocenters. The molecule has 0 spiro atoms. The summed E-state index contributed by atoms with van der Waals surface area (Å²) in [5.74, 6) is 1.72. The van der Waals surface area contributed by atoms with Gasteiger partial charge in [0.2, 0.25) is 0 Å². The van der Waals surface area contributed by atoms with Crippen LogP contribution in [0.25, 0.3) is 0 Å². The summed E-state index contributed by atoms with van der Waals surface area (Å²) in [5, 5.41) is 3.63. The smallest absolute Gasteiger partial charge is 0.0810 e. The fraction of sp³-hybridized carbons (Fsp3) is 1.00. The Morgan fingerprint density at radius 1 is 1.05 bits per heavy atom. The van der Waals surface area contributed by atoms with Crippen molar-refractivity contribution in [3.8, 4) is 0 Å². The van der Waals surface area contributed by atoms with Crippen molar-refractivity contribution in [2.24, 2.45) is 11.8 Å². The topological polar surface area (TPSA) is 21.3 Å². The van der Waals surface area contributed by atoms with Gasteiger partial charge in [-0.05, 0) is 56.9 Å². The van der Waals surface area contributed by atoms with E-state index in [2.05, 4.69) is 26.1 Å². The highest BCUT2D eigenvalue weighted by Gasteiger charge is 2.37. The maximum Gasteiger partial charge on any atom is 0.0810 e. The van der Waals surface area contributed by atoms with Crippen LogP contribution in [0.1, 0.15) is 78.6 Å². The van der Waals surface area contributed by atoms with Crippen molar-refractivity contribution >= 4 is 0 Å². The van der Waals surface area contributed by atoms with Crippen LogP contribution < -0.4 is 5.32 Å². The first-order valence-electron chi connectivity index (χ1n) is 9.04. The lowest BCUT2D eigenvalue weighted by atomic mass is 9.79. The van der Waals surface area contributed by atoms with Crippen molar-refractivity contribution in [2.45, 2.75) is 90.3 Å². The van der Waals surface area contributed by atoms with Crippen LogP contribution in [0, 0.1) is 11.8 Å². The molecule has 2 heteroatoms. The van der Waals surface area contributed by atoms with Crippen LogP contribution in [0.4, 0.5) is 0 Å². The van der Waals surface area contributed by atoms with E-state index in [9.17, 15) is 0 Å². The first kappa shape index (κ1) is 16.3. The quantitative estimate of drug-likeness (QED) is 0.722. The molecule has 118 valence electrons. The van der Waals surface area contributed by atoms with E-state index in [0.717, 1.165) is 24.9 Å². The lowest BCUT2D eigenvalue weighted by Gasteiger charge is -2.43. The van der Waals surface area contributed by atoms with Gasteiger partial charge >= 0.3 is 0 Å². The molecule has 2 rings (SSSR count). The van der Waals surface area contributed by atoms with Gasteiger partial charge in [-0.15, -0.1) is 0 Å². The monoisotopic (exact) mass is 281 g/mol. The maximum atomic E-state index is 6.72. The molecule has 2 nitrogen and oxygen atoms in total. The van der Waals surface area contributed by atoms with Crippen LogP contribution in [0.15, 0.2) is 0 Å². The zero-order valence-corrected chi connectivity index (χ0v) is 13.9. The second-order valence-corrected chi connectivity index (χ2v) is 7.43. The summed E-state index contributed by atoms with van der Waals surface area (Å²) in [4.78, 5) is 0. The Bertz CT molecular complexity index is 273. The van der Waals surface area contributed by atoms with E-state index in [-0.39, 0.29) is 5.60 Å². The van der Waals surface area contributed by atoms with Gasteiger partial charge in [-0.1, -0.05) is 40.0 Å². The van der Waals surface area contributed by atoms with Crippen molar-refractivity contribution < 1.29 is 4.74 Å². The minimum absolute atomic E-state index is 0.151. The fourth-order valence-electron chi connectivity index (χ4n) is 3.98. The molecule has 3 unspecified atom stereocenters. The van der Waals surface area contributed by atoms with E-state index in [1.165, 1.54) is 57.8 Å². The second-order valence-electron chi connectivity index (χ2n) is 7.43. The van der Waals surface area contributed by atoms with Gasteiger partial charge in [-0.3, -0.25) is 0 Å². The third-order valence-electron chi connectivity index (χ3n) is 5.61. The number of rotatable bonds is 6. The Labute approximate surface area is 126 Å². The highest BCUT2D eigenvalue weighted by Crippen LogP contribution is 2.37. The number of hydrogen-bond acceptors (Lipinski definition) is 2. The molecule has 2 aliphatic rings. The van der Waals surface area contributed by atoms with Crippen LogP contribution in [-0.4, -0.2) is 24.8 Å². The summed E-state index contributed by atoms with van der Waals surface area (Å²) < 4.78 is 6.72. The van der Waals surface area contributed by atoms with Gasteiger partial charge in [0, 0.05) is 6.54 Å². The van der Waals surface area contributed by atoms with E-state index < -0.39 is 0 Å². The molecule has 1 N–H and O–H groups in total. The predicted molar refractivity (Wildman–Crippen MR) is 86.0 cm³/mol. The highest BCUT2D eigenvalue weighted by atomic mass is 16.5. The number of ether oxygens (including phenoxy) is 1. The second kappa shape index (κ2) is 7.79. The average molecular weight is 281 g/mol. The minimum atomic E-state index is 0.151. The van der Waals surface area contributed by atoms with Gasteiger partial charge in [0.15, 0.2) is 0 Å². The van der Waals surface area contributed by atoms with Crippen molar-refractivity contribution in [2.75, 3.05) is 13.1 Å². The Morgan fingerprint density at radius 3 is 2.45 bits per heavy atom. The summed E-state index contributed by atoms with van der Waals surface area (Å²) in [7, 11) is 0. The molecule has 0 aromatic carbocycles. The van der Waals surface area contributed by atoms with Gasteiger partial charge in [-0.2, -0.15) is 0 Å². The van der Waals surface area contributed by atoms with Crippen LogP contribution in [0.3, 0.4) is 0 Å². The van der Waals surface area contributed by atoms with Crippen LogP contribution in [0.5, 0.6) is 0 Å². The van der Waals surface area contributed by atoms with Crippen molar-refractivity contribution in [1.29, 1.82) is 0 Å². The summed E-state index contributed by atoms with van der Waals surface area (Å²) in [6.07, 6.45) is 12.3. The molecule has 2 saturated carbocycles. The highest BCUT2D eigenvalue weighted by molar-refractivity contribution is 4.89. The molecular weight excluding hydrogens is 246 g/mol. The molecule has 0 heterocycles. The lowest BCUT2D eigenvalue weighted by Crippen LogP contribution is -2.48. The molecular formula is C18H35NO. The molecule has 0 saturated heterocycles. The average Bonchev–Trinajstić information content (AvgIpc) is 2.44. The Hall–Kier alpha value is -0.0800. The van der Waals surface area contributed by atoms with Gasteiger partial charge in [-0.25, -0.2) is 0 Å². The summed E-state index contributed by atoms with van der Waals surface area (Å²) in [6, 6.07) is 0. The lowest BCUT2D eigenvalue weighted by molar-refractivity contribution is -0.130. The molecule has 0 amide bonds.